The fourth-order valence-electron chi connectivity index (χ4n) is 8.62. The summed E-state index contributed by atoms with van der Waals surface area (Å²) in [5.74, 6) is 0.595. The van der Waals surface area contributed by atoms with Gasteiger partial charge in [0.25, 0.3) is 0 Å². The van der Waals surface area contributed by atoms with Crippen molar-refractivity contribution >= 4 is 87.2 Å². The molecule has 12 rings (SSSR count). The molecule has 0 aliphatic rings. The molecule has 246 valence electrons. The van der Waals surface area contributed by atoms with Crippen LogP contribution in [-0.4, -0.2) is 19.1 Å². The molecule has 5 heteroatoms. The van der Waals surface area contributed by atoms with E-state index in [-0.39, 0.29) is 0 Å². The van der Waals surface area contributed by atoms with Crippen LogP contribution >= 0.6 is 0 Å². The molecule has 5 nitrogen and oxygen atoms in total. The summed E-state index contributed by atoms with van der Waals surface area (Å²) >= 11 is 0. The zero-order valence-electron chi connectivity index (χ0n) is 28.4. The Morgan fingerprint density at radius 2 is 1.00 bits per heavy atom. The number of para-hydroxylation sites is 3. The maximum Gasteiger partial charge on any atom is 0.236 e. The SMILES string of the molecule is c1ccc(-c2nc(-n3c4c(ccc5c6ccccc6oc54)c4ccc5c6ccccc6n(-c6ccccc6)c5c43)nc3c2ccc2ccccc23)cc1. The Kier molecular flexibility index (Phi) is 5.71. The number of benzene rings is 8. The Morgan fingerprint density at radius 1 is 0.396 bits per heavy atom. The lowest BCUT2D eigenvalue weighted by molar-refractivity contribution is 0.671. The van der Waals surface area contributed by atoms with Crippen LogP contribution in [0.5, 0.6) is 0 Å². The average molecular weight is 677 g/mol. The normalized spacial score (nSPS) is 12.2. The van der Waals surface area contributed by atoms with Crippen molar-refractivity contribution in [3.63, 3.8) is 0 Å². The van der Waals surface area contributed by atoms with Gasteiger partial charge < -0.3 is 8.98 Å². The summed E-state index contributed by atoms with van der Waals surface area (Å²) in [5.41, 5.74) is 9.81. The molecule has 0 spiro atoms. The second-order valence-electron chi connectivity index (χ2n) is 13.7. The molecule has 0 amide bonds. The Hall–Kier alpha value is -7.24. The van der Waals surface area contributed by atoms with Crippen LogP contribution in [0.1, 0.15) is 0 Å². The standard InChI is InChI=1S/C48H28N4O/c1-3-14-30(15-4-1)42-39-24-23-29-13-7-8-18-32(29)43(39)50-48(49-42)52-45-36(37-27-28-38-34-20-10-12-22-41(34)53-47(38)46(37)52)26-25-35-33-19-9-11-21-40(33)51(44(35)45)31-16-5-2-6-17-31/h1-28H. The van der Waals surface area contributed by atoms with Crippen LogP contribution in [0.2, 0.25) is 0 Å². The zero-order chi connectivity index (χ0) is 34.6. The van der Waals surface area contributed by atoms with Crippen molar-refractivity contribution < 1.29 is 4.42 Å². The molecule has 0 atom stereocenters. The second-order valence-corrected chi connectivity index (χ2v) is 13.7. The Labute approximate surface area is 302 Å². The van der Waals surface area contributed by atoms with Crippen LogP contribution in [0.3, 0.4) is 0 Å². The number of hydrogen-bond acceptors (Lipinski definition) is 3. The van der Waals surface area contributed by atoms with Gasteiger partial charge in [-0.1, -0.05) is 133 Å². The molecule has 0 saturated heterocycles. The third kappa shape index (κ3) is 3.91. The van der Waals surface area contributed by atoms with Gasteiger partial charge in [0.05, 0.1) is 27.8 Å². The van der Waals surface area contributed by atoms with E-state index in [2.05, 4.69) is 161 Å². The van der Waals surface area contributed by atoms with Gasteiger partial charge in [-0.25, -0.2) is 9.97 Å². The summed E-state index contributed by atoms with van der Waals surface area (Å²) in [7, 11) is 0. The lowest BCUT2D eigenvalue weighted by atomic mass is 10.0. The van der Waals surface area contributed by atoms with Crippen LogP contribution in [0.4, 0.5) is 0 Å². The number of aromatic nitrogens is 4. The summed E-state index contributed by atoms with van der Waals surface area (Å²) < 4.78 is 11.5. The molecule has 0 bridgehead atoms. The molecular formula is C48H28N4O. The topological polar surface area (TPSA) is 48.8 Å². The quantitative estimate of drug-likeness (QED) is 0.175. The first kappa shape index (κ1) is 28.5. The summed E-state index contributed by atoms with van der Waals surface area (Å²) in [4.78, 5) is 11.1. The van der Waals surface area contributed by atoms with Gasteiger partial charge in [-0.3, -0.25) is 4.57 Å². The van der Waals surface area contributed by atoms with E-state index in [1.807, 2.05) is 18.2 Å². The number of hydrogen-bond donors (Lipinski definition) is 0. The molecule has 0 aliphatic carbocycles. The number of fused-ring (bicyclic) bond motifs is 14. The smallest absolute Gasteiger partial charge is 0.236 e. The molecule has 0 fully saturated rings. The molecule has 0 N–H and O–H groups in total. The van der Waals surface area contributed by atoms with E-state index in [0.29, 0.717) is 5.95 Å². The Balaban J connectivity index is 1.36. The first-order chi connectivity index (χ1) is 26.3. The monoisotopic (exact) mass is 676 g/mol. The molecule has 0 saturated carbocycles. The van der Waals surface area contributed by atoms with E-state index >= 15 is 0 Å². The maximum atomic E-state index is 6.83. The highest BCUT2D eigenvalue weighted by molar-refractivity contribution is 6.28. The molecule has 53 heavy (non-hydrogen) atoms. The summed E-state index contributed by atoms with van der Waals surface area (Å²) in [5, 5.41) is 9.93. The minimum atomic E-state index is 0.595. The van der Waals surface area contributed by atoms with E-state index in [1.165, 1.54) is 5.39 Å². The highest BCUT2D eigenvalue weighted by Crippen LogP contribution is 2.45. The largest absolute Gasteiger partial charge is 0.454 e. The predicted molar refractivity (Wildman–Crippen MR) is 218 cm³/mol. The third-order valence-corrected chi connectivity index (χ3v) is 10.9. The number of furan rings is 1. The third-order valence-electron chi connectivity index (χ3n) is 10.9. The lowest BCUT2D eigenvalue weighted by Crippen LogP contribution is -2.05. The molecule has 12 aromatic rings. The van der Waals surface area contributed by atoms with Crippen molar-refractivity contribution in [2.75, 3.05) is 0 Å². The average Bonchev–Trinajstić information content (AvgIpc) is 3.89. The van der Waals surface area contributed by atoms with Gasteiger partial charge in [-0.15, -0.1) is 0 Å². The summed E-state index contributed by atoms with van der Waals surface area (Å²) in [6, 6.07) is 59.9. The number of rotatable bonds is 3. The molecule has 0 aliphatic heterocycles. The predicted octanol–water partition coefficient (Wildman–Crippen LogP) is 12.5. The molecule has 4 heterocycles. The molecule has 0 unspecified atom stereocenters. The minimum absolute atomic E-state index is 0.595. The van der Waals surface area contributed by atoms with Crippen LogP contribution in [-0.2, 0) is 0 Å². The van der Waals surface area contributed by atoms with Crippen molar-refractivity contribution in [1.82, 2.24) is 19.1 Å². The maximum absolute atomic E-state index is 6.83. The van der Waals surface area contributed by atoms with Crippen LogP contribution in [0.15, 0.2) is 174 Å². The molecule has 4 aromatic heterocycles. The second kappa shape index (κ2) is 10.6. The van der Waals surface area contributed by atoms with Crippen LogP contribution in [0.25, 0.3) is 110 Å². The highest BCUT2D eigenvalue weighted by Gasteiger charge is 2.26. The van der Waals surface area contributed by atoms with Crippen LogP contribution in [0, 0.1) is 0 Å². The van der Waals surface area contributed by atoms with Crippen molar-refractivity contribution in [2.24, 2.45) is 0 Å². The first-order valence-corrected chi connectivity index (χ1v) is 17.9. The summed E-state index contributed by atoms with van der Waals surface area (Å²) in [6.07, 6.45) is 0. The highest BCUT2D eigenvalue weighted by atomic mass is 16.3. The zero-order valence-corrected chi connectivity index (χ0v) is 28.4. The van der Waals surface area contributed by atoms with Crippen LogP contribution < -0.4 is 0 Å². The van der Waals surface area contributed by atoms with E-state index in [4.69, 9.17) is 14.4 Å². The van der Waals surface area contributed by atoms with Gasteiger partial charge in [0.1, 0.15) is 11.1 Å². The van der Waals surface area contributed by atoms with Crippen molar-refractivity contribution in [1.29, 1.82) is 0 Å². The van der Waals surface area contributed by atoms with Gasteiger partial charge in [-0.2, -0.15) is 0 Å². The van der Waals surface area contributed by atoms with Crippen molar-refractivity contribution in [2.45, 2.75) is 0 Å². The van der Waals surface area contributed by atoms with Crippen molar-refractivity contribution in [3.05, 3.63) is 170 Å². The molecule has 0 radical (unpaired) electrons. The van der Waals surface area contributed by atoms with Gasteiger partial charge in [0.15, 0.2) is 5.58 Å². The fourth-order valence-corrected chi connectivity index (χ4v) is 8.62. The van der Waals surface area contributed by atoms with E-state index in [0.717, 1.165) is 98.8 Å². The fraction of sp³-hybridized carbons (Fsp3) is 0. The molecule has 8 aromatic carbocycles. The van der Waals surface area contributed by atoms with Gasteiger partial charge in [-0.05, 0) is 41.8 Å². The summed E-state index contributed by atoms with van der Waals surface area (Å²) in [6.45, 7) is 0. The van der Waals surface area contributed by atoms with Gasteiger partial charge >= 0.3 is 0 Å². The Morgan fingerprint density at radius 3 is 1.83 bits per heavy atom. The Bertz CT molecular complexity index is 3450. The first-order valence-electron chi connectivity index (χ1n) is 17.9. The molecular weight excluding hydrogens is 649 g/mol. The lowest BCUT2D eigenvalue weighted by Gasteiger charge is -2.14. The van der Waals surface area contributed by atoms with E-state index in [1.54, 1.807) is 0 Å². The minimum Gasteiger partial charge on any atom is -0.454 e. The van der Waals surface area contributed by atoms with Crippen molar-refractivity contribution in [3.8, 4) is 22.9 Å². The number of nitrogens with zero attached hydrogens (tertiary/aromatic N) is 4. The van der Waals surface area contributed by atoms with E-state index in [9.17, 15) is 0 Å². The van der Waals surface area contributed by atoms with Gasteiger partial charge in [0, 0.05) is 54.3 Å². The van der Waals surface area contributed by atoms with E-state index < -0.39 is 0 Å². The van der Waals surface area contributed by atoms with Gasteiger partial charge in [0.2, 0.25) is 5.95 Å².